The highest BCUT2D eigenvalue weighted by atomic mass is 33.1. The number of hydrogen-bond acceptors (Lipinski definition) is 9. The predicted octanol–water partition coefficient (Wildman–Crippen LogP) is 2.75. The predicted molar refractivity (Wildman–Crippen MR) is 90.5 cm³/mol. The zero-order valence-corrected chi connectivity index (χ0v) is 14.6. The minimum Gasteiger partial charge on any atom is -0.461 e. The Morgan fingerprint density at radius 1 is 1.25 bits per heavy atom. The minimum absolute atomic E-state index is 0.0679. The van der Waals surface area contributed by atoms with E-state index in [9.17, 15) is 19.7 Å². The van der Waals surface area contributed by atoms with Crippen molar-refractivity contribution >= 4 is 33.5 Å². The summed E-state index contributed by atoms with van der Waals surface area (Å²) in [5, 5.41) is 9.07. The van der Waals surface area contributed by atoms with E-state index in [1.807, 2.05) is 6.26 Å². The first-order valence-corrected chi connectivity index (χ1v) is 9.67. The van der Waals surface area contributed by atoms with Gasteiger partial charge >= 0.3 is 11.9 Å². The molecule has 0 bridgehead atoms. The van der Waals surface area contributed by atoms with Crippen LogP contribution in [0, 0.1) is 10.1 Å². The first kappa shape index (κ1) is 20.1. The number of para-hydroxylation sites is 1. The molecule has 0 atom stereocenters. The Morgan fingerprint density at radius 2 is 2.00 bits per heavy atom. The number of carbonyl (C=O) groups is 2. The van der Waals surface area contributed by atoms with Crippen LogP contribution in [0.15, 0.2) is 24.3 Å². The Morgan fingerprint density at radius 3 is 2.71 bits per heavy atom. The maximum Gasteiger partial charge on any atom is 0.341 e. The highest BCUT2D eigenvalue weighted by Crippen LogP contribution is 2.21. The van der Waals surface area contributed by atoms with E-state index in [2.05, 4.69) is 4.84 Å². The van der Waals surface area contributed by atoms with Gasteiger partial charge in [-0.05, 0) is 24.8 Å². The Hall–Kier alpha value is -1.94. The van der Waals surface area contributed by atoms with E-state index in [1.54, 1.807) is 33.7 Å². The summed E-state index contributed by atoms with van der Waals surface area (Å²) in [6, 6.07) is 6.25. The molecule has 1 aromatic rings. The van der Waals surface area contributed by atoms with Gasteiger partial charge in [-0.2, -0.15) is 0 Å². The lowest BCUT2D eigenvalue weighted by Gasteiger charge is -2.09. The van der Waals surface area contributed by atoms with E-state index in [4.69, 9.17) is 9.47 Å². The van der Waals surface area contributed by atoms with Gasteiger partial charge in [-0.15, -0.1) is 10.1 Å². The standard InChI is InChI=1S/C14H17NO7S2/c1-23-24-10-9-20-14(17)11-5-2-3-6-12(11)22-13(16)7-4-8-21-15(18)19/h2-3,5-6H,4,7-10H2,1H3. The number of carbonyl (C=O) groups excluding carboxylic acids is 2. The van der Waals surface area contributed by atoms with Gasteiger partial charge < -0.3 is 14.3 Å². The smallest absolute Gasteiger partial charge is 0.341 e. The van der Waals surface area contributed by atoms with Crippen LogP contribution < -0.4 is 4.74 Å². The molecule has 0 heterocycles. The monoisotopic (exact) mass is 375 g/mol. The van der Waals surface area contributed by atoms with Gasteiger partial charge in [-0.1, -0.05) is 33.7 Å². The summed E-state index contributed by atoms with van der Waals surface area (Å²) in [4.78, 5) is 37.8. The van der Waals surface area contributed by atoms with E-state index in [1.165, 1.54) is 12.1 Å². The lowest BCUT2D eigenvalue weighted by Crippen LogP contribution is -2.14. The number of esters is 2. The second-order valence-electron chi connectivity index (χ2n) is 4.26. The number of benzene rings is 1. The molecule has 1 rings (SSSR count). The molecule has 10 heteroatoms. The van der Waals surface area contributed by atoms with Gasteiger partial charge in [0, 0.05) is 12.2 Å². The fraction of sp³-hybridized carbons (Fsp3) is 0.429. The van der Waals surface area contributed by atoms with E-state index >= 15 is 0 Å². The first-order chi connectivity index (χ1) is 11.5. The lowest BCUT2D eigenvalue weighted by molar-refractivity contribution is -0.757. The molecule has 0 aliphatic carbocycles. The van der Waals surface area contributed by atoms with Crippen LogP contribution in [0.1, 0.15) is 23.2 Å². The molecule has 0 aromatic heterocycles. The van der Waals surface area contributed by atoms with Gasteiger partial charge in [0.15, 0.2) is 0 Å². The average Bonchev–Trinajstić information content (AvgIpc) is 2.56. The van der Waals surface area contributed by atoms with Crippen molar-refractivity contribution in [1.29, 1.82) is 0 Å². The Balaban J connectivity index is 2.51. The molecule has 0 saturated carbocycles. The molecule has 1 aromatic carbocycles. The van der Waals surface area contributed by atoms with Gasteiger partial charge in [-0.25, -0.2) is 4.79 Å². The summed E-state index contributed by atoms with van der Waals surface area (Å²) in [5.41, 5.74) is 0.154. The summed E-state index contributed by atoms with van der Waals surface area (Å²) in [7, 11) is 3.14. The van der Waals surface area contributed by atoms with Crippen molar-refractivity contribution in [3.05, 3.63) is 39.9 Å². The molecule has 0 saturated heterocycles. The van der Waals surface area contributed by atoms with Crippen molar-refractivity contribution in [2.75, 3.05) is 25.2 Å². The number of hydrogen-bond donors (Lipinski definition) is 0. The van der Waals surface area contributed by atoms with E-state index in [0.717, 1.165) is 0 Å². The summed E-state index contributed by atoms with van der Waals surface area (Å²) < 4.78 is 10.2. The molecule has 0 unspecified atom stereocenters. The van der Waals surface area contributed by atoms with Crippen molar-refractivity contribution in [2.45, 2.75) is 12.8 Å². The SMILES string of the molecule is CSSCCOC(=O)c1ccccc1OC(=O)CCCO[N+](=O)[O-]. The van der Waals surface area contributed by atoms with Crippen LogP contribution in [0.5, 0.6) is 5.75 Å². The van der Waals surface area contributed by atoms with Crippen LogP contribution in [-0.4, -0.2) is 42.2 Å². The maximum absolute atomic E-state index is 12.0. The summed E-state index contributed by atoms with van der Waals surface area (Å²) in [5.74, 6) is -0.428. The third-order valence-corrected chi connectivity index (χ3v) is 4.35. The van der Waals surface area contributed by atoms with Gasteiger partial charge in [0.25, 0.3) is 5.09 Å². The van der Waals surface area contributed by atoms with Gasteiger partial charge in [0.05, 0.1) is 6.61 Å². The normalized spacial score (nSPS) is 10.0. The van der Waals surface area contributed by atoms with Crippen molar-refractivity contribution < 1.29 is 29.0 Å². The third kappa shape index (κ3) is 8.06. The van der Waals surface area contributed by atoms with Crippen molar-refractivity contribution in [3.8, 4) is 5.75 Å². The van der Waals surface area contributed by atoms with Crippen molar-refractivity contribution in [3.63, 3.8) is 0 Å². The van der Waals surface area contributed by atoms with Crippen LogP contribution in [0.3, 0.4) is 0 Å². The molecule has 0 fully saturated rings. The molecule has 132 valence electrons. The Kier molecular flexibility index (Phi) is 9.70. The summed E-state index contributed by atoms with van der Waals surface area (Å²) >= 11 is 0. The van der Waals surface area contributed by atoms with Crippen LogP contribution in [-0.2, 0) is 14.4 Å². The minimum atomic E-state index is -0.925. The molecule has 24 heavy (non-hydrogen) atoms. The molecule has 0 N–H and O–H groups in total. The molecule has 0 aliphatic rings. The largest absolute Gasteiger partial charge is 0.461 e. The molecular formula is C14H17NO7S2. The van der Waals surface area contributed by atoms with E-state index in [-0.39, 0.29) is 37.4 Å². The van der Waals surface area contributed by atoms with Crippen molar-refractivity contribution in [2.24, 2.45) is 0 Å². The van der Waals surface area contributed by atoms with Crippen LogP contribution in [0.25, 0.3) is 0 Å². The zero-order valence-electron chi connectivity index (χ0n) is 13.0. The second kappa shape index (κ2) is 11.6. The molecule has 0 aliphatic heterocycles. The summed E-state index contributed by atoms with van der Waals surface area (Å²) in [6.07, 6.45) is 2.00. The number of nitrogens with zero attached hydrogens (tertiary/aromatic N) is 1. The number of rotatable bonds is 11. The Bertz CT molecular complexity index is 568. The summed E-state index contributed by atoms with van der Waals surface area (Å²) in [6.45, 7) is 0.0593. The van der Waals surface area contributed by atoms with Gasteiger partial charge in [-0.3, -0.25) is 4.79 Å². The molecule has 0 spiro atoms. The van der Waals surface area contributed by atoms with Gasteiger partial charge in [0.1, 0.15) is 17.9 Å². The van der Waals surface area contributed by atoms with Crippen LogP contribution >= 0.6 is 21.6 Å². The van der Waals surface area contributed by atoms with Gasteiger partial charge in [0.2, 0.25) is 0 Å². The molecule has 8 nitrogen and oxygen atoms in total. The fourth-order valence-electron chi connectivity index (χ4n) is 1.58. The second-order valence-corrected chi connectivity index (χ2v) is 6.94. The van der Waals surface area contributed by atoms with E-state index < -0.39 is 17.0 Å². The average molecular weight is 375 g/mol. The topological polar surface area (TPSA) is 105 Å². The molecule has 0 amide bonds. The molecular weight excluding hydrogens is 358 g/mol. The van der Waals surface area contributed by atoms with E-state index in [0.29, 0.717) is 5.75 Å². The fourth-order valence-corrected chi connectivity index (χ4v) is 2.61. The highest BCUT2D eigenvalue weighted by Gasteiger charge is 2.16. The van der Waals surface area contributed by atoms with Crippen LogP contribution in [0.4, 0.5) is 0 Å². The zero-order chi connectivity index (χ0) is 17.8. The van der Waals surface area contributed by atoms with Crippen LogP contribution in [0.2, 0.25) is 0 Å². The number of ether oxygens (including phenoxy) is 2. The lowest BCUT2D eigenvalue weighted by atomic mass is 10.2. The Labute approximate surface area is 146 Å². The third-order valence-electron chi connectivity index (χ3n) is 2.57. The maximum atomic E-state index is 12.0. The quantitative estimate of drug-likeness (QED) is 0.144. The first-order valence-electron chi connectivity index (χ1n) is 6.94. The van der Waals surface area contributed by atoms with Crippen molar-refractivity contribution in [1.82, 2.24) is 0 Å². The highest BCUT2D eigenvalue weighted by molar-refractivity contribution is 8.76. The molecule has 0 radical (unpaired) electrons.